The summed E-state index contributed by atoms with van der Waals surface area (Å²) in [5.41, 5.74) is 2.55. The summed E-state index contributed by atoms with van der Waals surface area (Å²) in [5, 5.41) is 0. The number of benzene rings is 1. The van der Waals surface area contributed by atoms with Gasteiger partial charge in [-0.25, -0.2) is 0 Å². The standard InChI is InChI=1S/C13H10BrNO/c1-9(16)11-4-7-13(15-8-11)10-2-5-12(14)6-3-10/h2-8H,1H3. The third kappa shape index (κ3) is 2.36. The van der Waals surface area contributed by atoms with Crippen LogP contribution in [0, 0.1) is 0 Å². The van der Waals surface area contributed by atoms with Gasteiger partial charge in [0.1, 0.15) is 0 Å². The van der Waals surface area contributed by atoms with Crippen molar-refractivity contribution in [1.29, 1.82) is 0 Å². The van der Waals surface area contributed by atoms with Crippen LogP contribution in [0.2, 0.25) is 0 Å². The molecule has 2 rings (SSSR count). The number of rotatable bonds is 2. The van der Waals surface area contributed by atoms with Gasteiger partial charge in [0, 0.05) is 21.8 Å². The summed E-state index contributed by atoms with van der Waals surface area (Å²) >= 11 is 3.38. The number of carbonyl (C=O) groups excluding carboxylic acids is 1. The first-order valence-corrected chi connectivity index (χ1v) is 5.69. The van der Waals surface area contributed by atoms with Crippen molar-refractivity contribution in [3.8, 4) is 11.3 Å². The molecule has 0 aliphatic rings. The lowest BCUT2D eigenvalue weighted by atomic mass is 10.1. The molecule has 80 valence electrons. The molecule has 0 bridgehead atoms. The van der Waals surface area contributed by atoms with Crippen LogP contribution in [0.5, 0.6) is 0 Å². The Morgan fingerprint density at radius 3 is 2.31 bits per heavy atom. The zero-order valence-corrected chi connectivity index (χ0v) is 10.4. The second kappa shape index (κ2) is 4.58. The molecule has 0 atom stereocenters. The molecule has 0 amide bonds. The van der Waals surface area contributed by atoms with Crippen molar-refractivity contribution in [2.45, 2.75) is 6.92 Å². The van der Waals surface area contributed by atoms with Crippen LogP contribution in [-0.2, 0) is 0 Å². The smallest absolute Gasteiger partial charge is 0.161 e. The Morgan fingerprint density at radius 1 is 1.12 bits per heavy atom. The van der Waals surface area contributed by atoms with E-state index < -0.39 is 0 Å². The molecule has 0 fully saturated rings. The molecule has 0 spiro atoms. The SMILES string of the molecule is CC(=O)c1ccc(-c2ccc(Br)cc2)nc1. The predicted molar refractivity (Wildman–Crippen MR) is 67.4 cm³/mol. The summed E-state index contributed by atoms with van der Waals surface area (Å²) in [6.45, 7) is 1.54. The van der Waals surface area contributed by atoms with E-state index in [9.17, 15) is 4.79 Å². The van der Waals surface area contributed by atoms with E-state index in [2.05, 4.69) is 20.9 Å². The zero-order valence-electron chi connectivity index (χ0n) is 8.77. The van der Waals surface area contributed by atoms with Crippen molar-refractivity contribution in [3.05, 3.63) is 52.6 Å². The van der Waals surface area contributed by atoms with Gasteiger partial charge in [-0.2, -0.15) is 0 Å². The molecule has 1 heterocycles. The van der Waals surface area contributed by atoms with Gasteiger partial charge in [-0.3, -0.25) is 9.78 Å². The van der Waals surface area contributed by atoms with E-state index in [0.29, 0.717) is 5.56 Å². The molecule has 0 radical (unpaired) electrons. The monoisotopic (exact) mass is 275 g/mol. The van der Waals surface area contributed by atoms with Gasteiger partial charge in [0.15, 0.2) is 5.78 Å². The van der Waals surface area contributed by atoms with Crippen molar-refractivity contribution in [1.82, 2.24) is 4.98 Å². The highest BCUT2D eigenvalue weighted by atomic mass is 79.9. The van der Waals surface area contributed by atoms with Crippen LogP contribution in [-0.4, -0.2) is 10.8 Å². The first kappa shape index (κ1) is 11.0. The van der Waals surface area contributed by atoms with E-state index in [1.54, 1.807) is 12.3 Å². The topological polar surface area (TPSA) is 30.0 Å². The summed E-state index contributed by atoms with van der Waals surface area (Å²) < 4.78 is 1.04. The van der Waals surface area contributed by atoms with Gasteiger partial charge in [-0.05, 0) is 31.2 Å². The van der Waals surface area contributed by atoms with Crippen LogP contribution in [0.15, 0.2) is 47.1 Å². The summed E-state index contributed by atoms with van der Waals surface area (Å²) in [6.07, 6.45) is 1.61. The molecule has 0 N–H and O–H groups in total. The molecule has 0 unspecified atom stereocenters. The van der Waals surface area contributed by atoms with Crippen LogP contribution >= 0.6 is 15.9 Å². The van der Waals surface area contributed by atoms with E-state index in [0.717, 1.165) is 15.7 Å². The zero-order chi connectivity index (χ0) is 11.5. The Balaban J connectivity index is 2.34. The van der Waals surface area contributed by atoms with Gasteiger partial charge >= 0.3 is 0 Å². The number of pyridine rings is 1. The number of carbonyl (C=O) groups is 1. The Hall–Kier alpha value is -1.48. The fourth-order valence-corrected chi connectivity index (χ4v) is 1.66. The molecule has 2 aromatic rings. The molecule has 0 aliphatic carbocycles. The van der Waals surface area contributed by atoms with Gasteiger partial charge in [0.05, 0.1) is 5.69 Å². The van der Waals surface area contributed by atoms with E-state index in [-0.39, 0.29) is 5.78 Å². The third-order valence-electron chi connectivity index (χ3n) is 2.31. The molecule has 16 heavy (non-hydrogen) atoms. The Labute approximate surface area is 102 Å². The van der Waals surface area contributed by atoms with Gasteiger partial charge in [-0.1, -0.05) is 28.1 Å². The summed E-state index contributed by atoms with van der Waals surface area (Å²) in [7, 11) is 0. The highest BCUT2D eigenvalue weighted by Crippen LogP contribution is 2.19. The summed E-state index contributed by atoms with van der Waals surface area (Å²) in [6, 6.07) is 11.6. The lowest BCUT2D eigenvalue weighted by Crippen LogP contribution is -1.93. The highest BCUT2D eigenvalue weighted by Gasteiger charge is 2.02. The maximum atomic E-state index is 11.1. The van der Waals surface area contributed by atoms with Crippen LogP contribution in [0.25, 0.3) is 11.3 Å². The first-order valence-electron chi connectivity index (χ1n) is 4.90. The maximum Gasteiger partial charge on any atom is 0.161 e. The van der Waals surface area contributed by atoms with Crippen LogP contribution < -0.4 is 0 Å². The normalized spacial score (nSPS) is 10.1. The lowest BCUT2D eigenvalue weighted by Gasteiger charge is -2.01. The number of ketones is 1. The fraction of sp³-hybridized carbons (Fsp3) is 0.0769. The van der Waals surface area contributed by atoms with Crippen molar-refractivity contribution >= 4 is 21.7 Å². The van der Waals surface area contributed by atoms with Crippen LogP contribution in [0.3, 0.4) is 0 Å². The molecular weight excluding hydrogens is 266 g/mol. The Morgan fingerprint density at radius 2 is 1.81 bits per heavy atom. The van der Waals surface area contributed by atoms with E-state index in [4.69, 9.17) is 0 Å². The molecule has 0 saturated heterocycles. The van der Waals surface area contributed by atoms with Crippen LogP contribution in [0.1, 0.15) is 17.3 Å². The molecular formula is C13H10BrNO. The summed E-state index contributed by atoms with van der Waals surface area (Å²) in [5.74, 6) is 0.0369. The largest absolute Gasteiger partial charge is 0.294 e. The van der Waals surface area contributed by atoms with Gasteiger partial charge in [0.25, 0.3) is 0 Å². The maximum absolute atomic E-state index is 11.1. The van der Waals surface area contributed by atoms with Crippen molar-refractivity contribution in [2.24, 2.45) is 0 Å². The second-order valence-corrected chi connectivity index (χ2v) is 4.41. The van der Waals surface area contributed by atoms with Crippen molar-refractivity contribution < 1.29 is 4.79 Å². The predicted octanol–water partition coefficient (Wildman–Crippen LogP) is 3.71. The highest BCUT2D eigenvalue weighted by molar-refractivity contribution is 9.10. The molecule has 1 aromatic carbocycles. The van der Waals surface area contributed by atoms with Crippen LogP contribution in [0.4, 0.5) is 0 Å². The molecule has 2 nitrogen and oxygen atoms in total. The number of nitrogens with zero attached hydrogens (tertiary/aromatic N) is 1. The van der Waals surface area contributed by atoms with Gasteiger partial charge in [-0.15, -0.1) is 0 Å². The minimum atomic E-state index is 0.0369. The van der Waals surface area contributed by atoms with E-state index >= 15 is 0 Å². The van der Waals surface area contributed by atoms with Crippen molar-refractivity contribution in [3.63, 3.8) is 0 Å². The number of Topliss-reactive ketones (excluding diaryl/α,β-unsaturated/α-hetero) is 1. The average molecular weight is 276 g/mol. The summed E-state index contributed by atoms with van der Waals surface area (Å²) in [4.78, 5) is 15.4. The quantitative estimate of drug-likeness (QED) is 0.782. The van der Waals surface area contributed by atoms with Gasteiger partial charge in [0.2, 0.25) is 0 Å². The minimum absolute atomic E-state index is 0.0369. The first-order chi connectivity index (χ1) is 7.66. The van der Waals surface area contributed by atoms with E-state index in [1.807, 2.05) is 30.3 Å². The Kier molecular flexibility index (Phi) is 3.15. The van der Waals surface area contributed by atoms with E-state index in [1.165, 1.54) is 6.92 Å². The average Bonchev–Trinajstić information content (AvgIpc) is 2.30. The fourth-order valence-electron chi connectivity index (χ4n) is 1.39. The molecule has 3 heteroatoms. The third-order valence-corrected chi connectivity index (χ3v) is 2.84. The number of halogens is 1. The lowest BCUT2D eigenvalue weighted by molar-refractivity contribution is 0.101. The minimum Gasteiger partial charge on any atom is -0.294 e. The van der Waals surface area contributed by atoms with Crippen molar-refractivity contribution in [2.75, 3.05) is 0 Å². The molecule has 0 aliphatic heterocycles. The second-order valence-electron chi connectivity index (χ2n) is 3.50. The Bertz CT molecular complexity index is 502. The number of aromatic nitrogens is 1. The molecule has 0 saturated carbocycles. The van der Waals surface area contributed by atoms with Gasteiger partial charge < -0.3 is 0 Å². The number of hydrogen-bond acceptors (Lipinski definition) is 2. The molecule has 1 aromatic heterocycles. The number of hydrogen-bond donors (Lipinski definition) is 0.